The van der Waals surface area contributed by atoms with Crippen molar-refractivity contribution in [2.75, 3.05) is 6.26 Å². The first kappa shape index (κ1) is 11.5. The van der Waals surface area contributed by atoms with Crippen molar-refractivity contribution < 1.29 is 12.6 Å². The Bertz CT molecular complexity index is 464. The lowest BCUT2D eigenvalue weighted by molar-refractivity contribution is 0.307. The van der Waals surface area contributed by atoms with Gasteiger partial charge < -0.3 is 0 Å². The largest absolute Gasteiger partial charge is 0.264 e. The molecule has 2 rings (SSSR count). The molecule has 0 saturated heterocycles. The van der Waals surface area contributed by atoms with Crippen molar-refractivity contribution in [2.24, 2.45) is 0 Å². The molecule has 0 atom stereocenters. The van der Waals surface area contributed by atoms with Crippen molar-refractivity contribution in [1.29, 1.82) is 0 Å². The van der Waals surface area contributed by atoms with Crippen LogP contribution in [0.15, 0.2) is 3.79 Å². The van der Waals surface area contributed by atoms with Crippen LogP contribution in [0.1, 0.15) is 29.5 Å². The fourth-order valence-corrected chi connectivity index (χ4v) is 3.10. The number of nitrogens with zero attached hydrogens (tertiary/aromatic N) is 1. The van der Waals surface area contributed by atoms with Crippen LogP contribution >= 0.6 is 27.3 Å². The Morgan fingerprint density at radius 1 is 1.60 bits per heavy atom. The molecule has 1 saturated carbocycles. The predicted octanol–water partition coefficient (Wildman–Crippen LogP) is 2.26. The van der Waals surface area contributed by atoms with E-state index in [1.54, 1.807) is 11.3 Å². The average Bonchev–Trinajstić information content (AvgIpc) is 2.87. The normalized spacial score (nSPS) is 16.9. The van der Waals surface area contributed by atoms with Gasteiger partial charge in [-0.05, 0) is 28.8 Å². The minimum absolute atomic E-state index is 0.0165. The Balaban J connectivity index is 2.07. The van der Waals surface area contributed by atoms with E-state index >= 15 is 0 Å². The number of hydrogen-bond acceptors (Lipinski definition) is 5. The van der Waals surface area contributed by atoms with Gasteiger partial charge in [0.15, 0.2) is 0 Å². The highest BCUT2D eigenvalue weighted by atomic mass is 79.9. The molecule has 15 heavy (non-hydrogen) atoms. The molecule has 1 aliphatic carbocycles. The average molecular weight is 312 g/mol. The Kier molecular flexibility index (Phi) is 3.16. The SMILES string of the molecule is CS(=O)(=O)OCc1nc(C2CC2)sc1Br. The topological polar surface area (TPSA) is 56.3 Å². The van der Waals surface area contributed by atoms with Gasteiger partial charge in [-0.3, -0.25) is 4.18 Å². The van der Waals surface area contributed by atoms with Gasteiger partial charge in [0, 0.05) is 5.92 Å². The number of rotatable bonds is 4. The Labute approximate surface area is 101 Å². The fourth-order valence-electron chi connectivity index (χ4n) is 1.11. The Hall–Kier alpha value is 0.0200. The lowest BCUT2D eigenvalue weighted by Gasteiger charge is -1.97. The van der Waals surface area contributed by atoms with Crippen molar-refractivity contribution in [3.05, 3.63) is 14.5 Å². The van der Waals surface area contributed by atoms with Gasteiger partial charge in [0.05, 0.1) is 20.7 Å². The van der Waals surface area contributed by atoms with E-state index in [0.717, 1.165) is 15.0 Å². The van der Waals surface area contributed by atoms with Crippen LogP contribution in [-0.2, 0) is 20.9 Å². The summed E-state index contributed by atoms with van der Waals surface area (Å²) in [5, 5.41) is 1.08. The molecular weight excluding hydrogens is 302 g/mol. The third-order valence-corrected chi connectivity index (χ3v) is 4.54. The van der Waals surface area contributed by atoms with Gasteiger partial charge in [0.2, 0.25) is 0 Å². The fraction of sp³-hybridized carbons (Fsp3) is 0.625. The molecule has 0 amide bonds. The molecule has 0 spiro atoms. The molecule has 84 valence electrons. The van der Waals surface area contributed by atoms with Crippen molar-refractivity contribution in [1.82, 2.24) is 4.98 Å². The van der Waals surface area contributed by atoms with Gasteiger partial charge in [-0.25, -0.2) is 4.98 Å². The van der Waals surface area contributed by atoms with Crippen LogP contribution in [-0.4, -0.2) is 19.7 Å². The second kappa shape index (κ2) is 4.12. The number of thiazole rings is 1. The van der Waals surface area contributed by atoms with Gasteiger partial charge in [0.25, 0.3) is 10.1 Å². The molecule has 1 fully saturated rings. The van der Waals surface area contributed by atoms with Crippen LogP contribution in [0, 0.1) is 0 Å². The zero-order valence-corrected chi connectivity index (χ0v) is 11.3. The van der Waals surface area contributed by atoms with E-state index in [4.69, 9.17) is 4.18 Å². The van der Waals surface area contributed by atoms with Crippen molar-refractivity contribution in [3.8, 4) is 0 Å². The van der Waals surface area contributed by atoms with Crippen LogP contribution < -0.4 is 0 Å². The van der Waals surface area contributed by atoms with E-state index in [1.165, 1.54) is 12.8 Å². The summed E-state index contributed by atoms with van der Waals surface area (Å²) in [4.78, 5) is 4.36. The van der Waals surface area contributed by atoms with Crippen molar-refractivity contribution in [3.63, 3.8) is 0 Å². The summed E-state index contributed by atoms with van der Waals surface area (Å²) in [6.45, 7) is 0.0165. The predicted molar refractivity (Wildman–Crippen MR) is 61.4 cm³/mol. The molecule has 1 aliphatic rings. The summed E-state index contributed by atoms with van der Waals surface area (Å²) in [6.07, 6.45) is 3.41. The van der Waals surface area contributed by atoms with E-state index in [-0.39, 0.29) is 6.61 Å². The van der Waals surface area contributed by atoms with Crippen LogP contribution in [0.4, 0.5) is 0 Å². The van der Waals surface area contributed by atoms with E-state index in [1.807, 2.05) is 0 Å². The van der Waals surface area contributed by atoms with Gasteiger partial charge >= 0.3 is 0 Å². The van der Waals surface area contributed by atoms with Crippen LogP contribution in [0.5, 0.6) is 0 Å². The molecule has 0 unspecified atom stereocenters. The highest BCUT2D eigenvalue weighted by molar-refractivity contribution is 9.11. The maximum atomic E-state index is 10.8. The van der Waals surface area contributed by atoms with Gasteiger partial charge in [-0.2, -0.15) is 8.42 Å². The van der Waals surface area contributed by atoms with E-state index in [0.29, 0.717) is 11.6 Å². The quantitative estimate of drug-likeness (QED) is 0.800. The zero-order valence-electron chi connectivity index (χ0n) is 8.07. The summed E-state index contributed by atoms with van der Waals surface area (Å²) in [5.41, 5.74) is 0.673. The molecule has 1 heterocycles. The summed E-state index contributed by atoms with van der Waals surface area (Å²) < 4.78 is 27.2. The van der Waals surface area contributed by atoms with Crippen molar-refractivity contribution in [2.45, 2.75) is 25.4 Å². The summed E-state index contributed by atoms with van der Waals surface area (Å²) in [6, 6.07) is 0. The molecule has 0 aromatic carbocycles. The monoisotopic (exact) mass is 311 g/mol. The Morgan fingerprint density at radius 2 is 2.27 bits per heavy atom. The standard InChI is InChI=1S/C8H10BrNO3S2/c1-15(11,12)13-4-6-7(9)14-8(10-6)5-2-3-5/h5H,2-4H2,1H3. The first-order chi connectivity index (χ1) is 6.96. The Morgan fingerprint density at radius 3 is 2.80 bits per heavy atom. The zero-order chi connectivity index (χ0) is 11.1. The van der Waals surface area contributed by atoms with Gasteiger partial charge in [0.1, 0.15) is 6.61 Å². The van der Waals surface area contributed by atoms with Crippen LogP contribution in [0.3, 0.4) is 0 Å². The number of aromatic nitrogens is 1. The highest BCUT2D eigenvalue weighted by Crippen LogP contribution is 2.43. The lowest BCUT2D eigenvalue weighted by atomic mass is 10.4. The molecular formula is C8H10BrNO3S2. The molecule has 0 aliphatic heterocycles. The molecule has 1 aromatic heterocycles. The molecule has 4 nitrogen and oxygen atoms in total. The van der Waals surface area contributed by atoms with Crippen molar-refractivity contribution >= 4 is 37.4 Å². The first-order valence-electron chi connectivity index (χ1n) is 4.45. The maximum absolute atomic E-state index is 10.8. The van der Waals surface area contributed by atoms with E-state index < -0.39 is 10.1 Å². The number of hydrogen-bond donors (Lipinski definition) is 0. The van der Waals surface area contributed by atoms with Crippen LogP contribution in [0.2, 0.25) is 0 Å². The maximum Gasteiger partial charge on any atom is 0.264 e. The smallest absolute Gasteiger partial charge is 0.264 e. The third kappa shape index (κ3) is 3.24. The summed E-state index contributed by atoms with van der Waals surface area (Å²) in [5.74, 6) is 0.582. The summed E-state index contributed by atoms with van der Waals surface area (Å²) >= 11 is 4.93. The second-order valence-corrected chi connectivity index (χ2v) is 7.51. The molecule has 0 bridgehead atoms. The molecule has 0 radical (unpaired) electrons. The molecule has 7 heteroatoms. The lowest BCUT2D eigenvalue weighted by Crippen LogP contribution is -2.03. The second-order valence-electron chi connectivity index (χ2n) is 3.51. The summed E-state index contributed by atoms with van der Waals surface area (Å²) in [7, 11) is -3.39. The molecule has 1 aromatic rings. The third-order valence-electron chi connectivity index (χ3n) is 2.00. The molecule has 0 N–H and O–H groups in total. The first-order valence-corrected chi connectivity index (χ1v) is 7.88. The van der Waals surface area contributed by atoms with Crippen LogP contribution in [0.25, 0.3) is 0 Å². The highest BCUT2D eigenvalue weighted by Gasteiger charge is 2.28. The van der Waals surface area contributed by atoms with Gasteiger partial charge in [-0.1, -0.05) is 0 Å². The van der Waals surface area contributed by atoms with E-state index in [2.05, 4.69) is 20.9 Å². The van der Waals surface area contributed by atoms with Gasteiger partial charge in [-0.15, -0.1) is 11.3 Å². The minimum Gasteiger partial charge on any atom is -0.264 e. The number of halogens is 1. The minimum atomic E-state index is -3.39. The van der Waals surface area contributed by atoms with E-state index in [9.17, 15) is 8.42 Å².